The number of amides is 1. The number of carboxylic acid groups (broad SMARTS) is 1. The van der Waals surface area contributed by atoms with Gasteiger partial charge in [-0.1, -0.05) is 20.8 Å². The van der Waals surface area contributed by atoms with E-state index in [2.05, 4.69) is 5.32 Å². The Balaban J connectivity index is 3.01. The van der Waals surface area contributed by atoms with Crippen molar-refractivity contribution >= 4 is 17.6 Å². The molecule has 0 heterocycles. The molecule has 1 atom stereocenters. The highest BCUT2D eigenvalue weighted by Gasteiger charge is 2.33. The number of carbonyl (C=O) groups excluding carboxylic acids is 1. The molecule has 1 aromatic carbocycles. The van der Waals surface area contributed by atoms with Crippen molar-refractivity contribution in [3.8, 4) is 0 Å². The minimum absolute atomic E-state index is 0.0736. The van der Waals surface area contributed by atoms with Crippen LogP contribution in [0.3, 0.4) is 0 Å². The SMILES string of the molecule is CC(C)(C)C(NC(=O)c1cc(F)ccc1N)C(=O)O. The number of nitrogens with two attached hydrogens (primary N) is 1. The third kappa shape index (κ3) is 3.67. The van der Waals surface area contributed by atoms with Crippen molar-refractivity contribution in [2.24, 2.45) is 5.41 Å². The quantitative estimate of drug-likeness (QED) is 0.726. The van der Waals surface area contributed by atoms with Crippen LogP contribution in [0, 0.1) is 11.2 Å². The zero-order valence-corrected chi connectivity index (χ0v) is 11.0. The number of nitrogen functional groups attached to an aromatic ring is 1. The molecule has 0 spiro atoms. The predicted molar refractivity (Wildman–Crippen MR) is 69.2 cm³/mol. The molecule has 19 heavy (non-hydrogen) atoms. The van der Waals surface area contributed by atoms with Gasteiger partial charge in [0, 0.05) is 5.69 Å². The van der Waals surface area contributed by atoms with E-state index in [1.165, 1.54) is 6.07 Å². The molecule has 1 rings (SSSR count). The van der Waals surface area contributed by atoms with Crippen LogP contribution in [-0.4, -0.2) is 23.0 Å². The van der Waals surface area contributed by atoms with E-state index in [0.717, 1.165) is 12.1 Å². The van der Waals surface area contributed by atoms with E-state index in [4.69, 9.17) is 10.8 Å². The molecule has 0 saturated heterocycles. The van der Waals surface area contributed by atoms with Crippen molar-refractivity contribution in [1.82, 2.24) is 5.32 Å². The molecule has 5 nitrogen and oxygen atoms in total. The maximum Gasteiger partial charge on any atom is 0.326 e. The second-order valence-corrected chi connectivity index (χ2v) is 5.34. The van der Waals surface area contributed by atoms with Gasteiger partial charge >= 0.3 is 5.97 Å². The topological polar surface area (TPSA) is 92.4 Å². The van der Waals surface area contributed by atoms with Gasteiger partial charge in [0.05, 0.1) is 5.56 Å². The normalized spacial score (nSPS) is 12.8. The number of rotatable bonds is 3. The maximum atomic E-state index is 13.1. The van der Waals surface area contributed by atoms with Crippen molar-refractivity contribution in [3.63, 3.8) is 0 Å². The number of halogens is 1. The van der Waals surface area contributed by atoms with Gasteiger partial charge in [-0.15, -0.1) is 0 Å². The molecule has 104 valence electrons. The largest absolute Gasteiger partial charge is 0.480 e. The summed E-state index contributed by atoms with van der Waals surface area (Å²) in [5.74, 6) is -2.47. The molecule has 0 saturated carbocycles. The number of carbonyl (C=O) groups is 2. The van der Waals surface area contributed by atoms with Crippen molar-refractivity contribution < 1.29 is 19.1 Å². The van der Waals surface area contributed by atoms with Gasteiger partial charge in [-0.2, -0.15) is 0 Å². The molecule has 1 aromatic rings. The Hall–Kier alpha value is -2.11. The Kier molecular flexibility index (Phi) is 4.14. The molecule has 0 aromatic heterocycles. The lowest BCUT2D eigenvalue weighted by Crippen LogP contribution is -2.49. The molecule has 1 unspecified atom stereocenters. The second-order valence-electron chi connectivity index (χ2n) is 5.34. The average Bonchev–Trinajstić information content (AvgIpc) is 2.26. The smallest absolute Gasteiger partial charge is 0.326 e. The fraction of sp³-hybridized carbons (Fsp3) is 0.385. The molecule has 6 heteroatoms. The van der Waals surface area contributed by atoms with E-state index in [1.54, 1.807) is 20.8 Å². The standard InChI is InChI=1S/C13H17FN2O3/c1-13(2,3)10(12(18)19)16-11(17)8-6-7(14)4-5-9(8)15/h4-6,10H,15H2,1-3H3,(H,16,17)(H,18,19). The van der Waals surface area contributed by atoms with Gasteiger partial charge in [-0.25, -0.2) is 9.18 Å². The predicted octanol–water partition coefficient (Wildman–Crippen LogP) is 1.64. The van der Waals surface area contributed by atoms with Crippen molar-refractivity contribution in [1.29, 1.82) is 0 Å². The fourth-order valence-corrected chi connectivity index (χ4v) is 1.58. The lowest BCUT2D eigenvalue weighted by Gasteiger charge is -2.27. The number of carboxylic acids is 1. The van der Waals surface area contributed by atoms with Gasteiger partial charge < -0.3 is 16.2 Å². The highest BCUT2D eigenvalue weighted by atomic mass is 19.1. The van der Waals surface area contributed by atoms with E-state index in [1.807, 2.05) is 0 Å². The van der Waals surface area contributed by atoms with E-state index in [-0.39, 0.29) is 11.3 Å². The van der Waals surface area contributed by atoms with Gasteiger partial charge in [-0.3, -0.25) is 4.79 Å². The number of benzene rings is 1. The van der Waals surface area contributed by atoms with Gasteiger partial charge in [0.25, 0.3) is 5.91 Å². The molecule has 0 radical (unpaired) electrons. The molecule has 0 aliphatic carbocycles. The lowest BCUT2D eigenvalue weighted by molar-refractivity contribution is -0.142. The van der Waals surface area contributed by atoms with E-state index in [0.29, 0.717) is 0 Å². The first-order valence-corrected chi connectivity index (χ1v) is 5.71. The van der Waals surface area contributed by atoms with Crippen molar-refractivity contribution in [2.45, 2.75) is 26.8 Å². The van der Waals surface area contributed by atoms with E-state index < -0.39 is 29.2 Å². The van der Waals surface area contributed by atoms with Crippen LogP contribution in [0.25, 0.3) is 0 Å². The summed E-state index contributed by atoms with van der Waals surface area (Å²) in [4.78, 5) is 23.1. The Bertz CT molecular complexity index is 509. The fourth-order valence-electron chi connectivity index (χ4n) is 1.58. The molecular formula is C13H17FN2O3. The van der Waals surface area contributed by atoms with Gasteiger partial charge in [-0.05, 0) is 23.6 Å². The van der Waals surface area contributed by atoms with Crippen LogP contribution < -0.4 is 11.1 Å². The van der Waals surface area contributed by atoms with Gasteiger partial charge in [0.1, 0.15) is 11.9 Å². The molecule has 4 N–H and O–H groups in total. The van der Waals surface area contributed by atoms with Crippen LogP contribution in [0.1, 0.15) is 31.1 Å². The number of nitrogens with one attached hydrogen (secondary N) is 1. The number of aliphatic carboxylic acids is 1. The highest BCUT2D eigenvalue weighted by molar-refractivity contribution is 6.00. The Morgan fingerprint density at radius 2 is 1.95 bits per heavy atom. The molecule has 0 fully saturated rings. The average molecular weight is 268 g/mol. The molecular weight excluding hydrogens is 251 g/mol. The maximum absolute atomic E-state index is 13.1. The first-order valence-electron chi connectivity index (χ1n) is 5.71. The Labute approximate surface area is 110 Å². The summed E-state index contributed by atoms with van der Waals surface area (Å²) in [6.45, 7) is 5.04. The summed E-state index contributed by atoms with van der Waals surface area (Å²) in [5, 5.41) is 11.5. The lowest BCUT2D eigenvalue weighted by atomic mass is 9.86. The minimum Gasteiger partial charge on any atom is -0.480 e. The molecule has 1 amide bonds. The van der Waals surface area contributed by atoms with Crippen molar-refractivity contribution in [2.75, 3.05) is 5.73 Å². The van der Waals surface area contributed by atoms with Crippen LogP contribution >= 0.6 is 0 Å². The first-order chi connectivity index (χ1) is 8.62. The van der Waals surface area contributed by atoms with Crippen LogP contribution in [0.2, 0.25) is 0 Å². The minimum atomic E-state index is -1.16. The summed E-state index contributed by atoms with van der Waals surface area (Å²) in [7, 11) is 0. The Morgan fingerprint density at radius 1 is 1.37 bits per heavy atom. The van der Waals surface area contributed by atoms with Crippen LogP contribution in [0.15, 0.2) is 18.2 Å². The van der Waals surface area contributed by atoms with E-state index in [9.17, 15) is 14.0 Å². The highest BCUT2D eigenvalue weighted by Crippen LogP contribution is 2.21. The zero-order valence-electron chi connectivity index (χ0n) is 11.0. The number of anilines is 1. The number of hydrogen-bond acceptors (Lipinski definition) is 3. The molecule has 0 aliphatic rings. The Morgan fingerprint density at radius 3 is 2.42 bits per heavy atom. The summed E-state index contributed by atoms with van der Waals surface area (Å²) < 4.78 is 13.1. The summed E-state index contributed by atoms with van der Waals surface area (Å²) >= 11 is 0. The summed E-state index contributed by atoms with van der Waals surface area (Å²) in [6.07, 6.45) is 0. The summed E-state index contributed by atoms with van der Waals surface area (Å²) in [5.41, 5.74) is 4.92. The third-order valence-electron chi connectivity index (χ3n) is 2.65. The monoisotopic (exact) mass is 268 g/mol. The second kappa shape index (κ2) is 5.26. The summed E-state index contributed by atoms with van der Waals surface area (Å²) in [6, 6.07) is 2.27. The van der Waals surface area contributed by atoms with Crippen LogP contribution in [0.4, 0.5) is 10.1 Å². The van der Waals surface area contributed by atoms with Crippen LogP contribution in [-0.2, 0) is 4.79 Å². The van der Waals surface area contributed by atoms with Gasteiger partial charge in [0.15, 0.2) is 0 Å². The first kappa shape index (κ1) is 14.9. The van der Waals surface area contributed by atoms with E-state index >= 15 is 0 Å². The van der Waals surface area contributed by atoms with Gasteiger partial charge in [0.2, 0.25) is 0 Å². The van der Waals surface area contributed by atoms with Crippen LogP contribution in [0.5, 0.6) is 0 Å². The molecule has 0 aliphatic heterocycles. The third-order valence-corrected chi connectivity index (χ3v) is 2.65. The van der Waals surface area contributed by atoms with Crippen molar-refractivity contribution in [3.05, 3.63) is 29.6 Å². The molecule has 0 bridgehead atoms. The zero-order chi connectivity index (χ0) is 14.8. The number of hydrogen-bond donors (Lipinski definition) is 3.